The number of benzene rings is 1. The average molecular weight is 267 g/mol. The Morgan fingerprint density at radius 2 is 2.27 bits per heavy atom. The molecule has 0 aromatic heterocycles. The van der Waals surface area contributed by atoms with E-state index in [-0.39, 0.29) is 5.78 Å². The maximum Gasteiger partial charge on any atom is 0.228 e. The number of carbonyl (C=O) groups is 1. The van der Waals surface area contributed by atoms with Gasteiger partial charge in [-0.25, -0.2) is 0 Å². The third-order valence-electron chi connectivity index (χ3n) is 2.38. The summed E-state index contributed by atoms with van der Waals surface area (Å²) in [5, 5.41) is 0. The van der Waals surface area contributed by atoms with Crippen LogP contribution in [-0.2, 0) is 4.74 Å². The SMILES string of the molecule is Cc1cccc(Br)c1C(=O)C1=CCCO1. The Labute approximate surface area is 97.1 Å². The van der Waals surface area contributed by atoms with Crippen molar-refractivity contribution in [1.82, 2.24) is 0 Å². The van der Waals surface area contributed by atoms with E-state index < -0.39 is 0 Å². The minimum absolute atomic E-state index is 0.0301. The lowest BCUT2D eigenvalue weighted by atomic mass is 10.0. The Kier molecular flexibility index (Phi) is 2.91. The summed E-state index contributed by atoms with van der Waals surface area (Å²) in [5.74, 6) is 0.447. The Morgan fingerprint density at radius 3 is 2.87 bits per heavy atom. The molecule has 0 spiro atoms. The van der Waals surface area contributed by atoms with Crippen molar-refractivity contribution >= 4 is 21.7 Å². The zero-order valence-corrected chi connectivity index (χ0v) is 10.0. The molecule has 0 radical (unpaired) electrons. The van der Waals surface area contributed by atoms with Crippen LogP contribution in [0.5, 0.6) is 0 Å². The first-order valence-corrected chi connectivity index (χ1v) is 5.62. The second kappa shape index (κ2) is 4.19. The lowest BCUT2D eigenvalue weighted by Crippen LogP contribution is -2.06. The van der Waals surface area contributed by atoms with Crippen molar-refractivity contribution in [1.29, 1.82) is 0 Å². The number of rotatable bonds is 2. The number of carbonyl (C=O) groups excluding carboxylic acids is 1. The van der Waals surface area contributed by atoms with Crippen LogP contribution < -0.4 is 0 Å². The molecule has 0 atom stereocenters. The molecule has 1 aliphatic heterocycles. The van der Waals surface area contributed by atoms with E-state index in [0.29, 0.717) is 17.9 Å². The van der Waals surface area contributed by atoms with Gasteiger partial charge in [-0.05, 0) is 24.6 Å². The molecule has 0 N–H and O–H groups in total. The Hall–Kier alpha value is -1.09. The van der Waals surface area contributed by atoms with Crippen LogP contribution in [0.4, 0.5) is 0 Å². The van der Waals surface area contributed by atoms with Gasteiger partial charge in [0.25, 0.3) is 0 Å². The molecule has 3 heteroatoms. The predicted molar refractivity (Wildman–Crippen MR) is 61.9 cm³/mol. The lowest BCUT2D eigenvalue weighted by molar-refractivity contribution is 0.0941. The number of halogens is 1. The molecule has 0 bridgehead atoms. The van der Waals surface area contributed by atoms with Gasteiger partial charge in [0.2, 0.25) is 5.78 Å². The Morgan fingerprint density at radius 1 is 1.47 bits per heavy atom. The fourth-order valence-corrected chi connectivity index (χ4v) is 2.26. The standard InChI is InChI=1S/C12H11BrO2/c1-8-4-2-5-9(13)11(8)12(14)10-6-3-7-15-10/h2,4-6H,3,7H2,1H3. The largest absolute Gasteiger partial charge is 0.489 e. The molecule has 0 aliphatic carbocycles. The first-order valence-electron chi connectivity index (χ1n) is 4.83. The van der Waals surface area contributed by atoms with E-state index in [1.807, 2.05) is 31.2 Å². The molecule has 2 rings (SSSR count). The molecule has 0 fully saturated rings. The van der Waals surface area contributed by atoms with Crippen molar-refractivity contribution < 1.29 is 9.53 Å². The van der Waals surface area contributed by atoms with Gasteiger partial charge in [0.1, 0.15) is 0 Å². The summed E-state index contributed by atoms with van der Waals surface area (Å²) in [5.41, 5.74) is 1.66. The summed E-state index contributed by atoms with van der Waals surface area (Å²) >= 11 is 3.39. The third-order valence-corrected chi connectivity index (χ3v) is 3.04. The van der Waals surface area contributed by atoms with Gasteiger partial charge >= 0.3 is 0 Å². The number of ketones is 1. The van der Waals surface area contributed by atoms with E-state index in [9.17, 15) is 4.79 Å². The summed E-state index contributed by atoms with van der Waals surface area (Å²) in [6, 6.07) is 5.71. The number of hydrogen-bond acceptors (Lipinski definition) is 2. The summed E-state index contributed by atoms with van der Waals surface area (Å²) < 4.78 is 6.09. The van der Waals surface area contributed by atoms with Crippen molar-refractivity contribution in [3.05, 3.63) is 45.6 Å². The molecule has 0 saturated carbocycles. The van der Waals surface area contributed by atoms with Gasteiger partial charge in [0.05, 0.1) is 6.61 Å². The van der Waals surface area contributed by atoms with Gasteiger partial charge < -0.3 is 4.74 Å². The lowest BCUT2D eigenvalue weighted by Gasteiger charge is -2.08. The minimum Gasteiger partial charge on any atom is -0.489 e. The molecule has 1 aliphatic rings. The highest BCUT2D eigenvalue weighted by Crippen LogP contribution is 2.25. The summed E-state index contributed by atoms with van der Waals surface area (Å²) in [4.78, 5) is 12.1. The van der Waals surface area contributed by atoms with Crippen molar-refractivity contribution in [2.45, 2.75) is 13.3 Å². The molecule has 78 valence electrons. The van der Waals surface area contributed by atoms with Gasteiger partial charge in [0, 0.05) is 16.5 Å². The summed E-state index contributed by atoms with van der Waals surface area (Å²) in [6.45, 7) is 2.54. The Bertz CT molecular complexity index is 415. The summed E-state index contributed by atoms with van der Waals surface area (Å²) in [7, 11) is 0. The van der Waals surface area contributed by atoms with Crippen LogP contribution in [0.25, 0.3) is 0 Å². The fourth-order valence-electron chi connectivity index (χ4n) is 1.62. The van der Waals surface area contributed by atoms with Crippen LogP contribution in [0.15, 0.2) is 34.5 Å². The number of Topliss-reactive ketones (excluding diaryl/α,β-unsaturated/α-hetero) is 1. The van der Waals surface area contributed by atoms with Gasteiger partial charge in [-0.3, -0.25) is 4.79 Å². The molecule has 1 aromatic rings. The van der Waals surface area contributed by atoms with Crippen molar-refractivity contribution in [2.24, 2.45) is 0 Å². The van der Waals surface area contributed by atoms with E-state index in [2.05, 4.69) is 15.9 Å². The van der Waals surface area contributed by atoms with Crippen molar-refractivity contribution in [2.75, 3.05) is 6.61 Å². The van der Waals surface area contributed by atoms with Crippen LogP contribution in [-0.4, -0.2) is 12.4 Å². The highest BCUT2D eigenvalue weighted by Gasteiger charge is 2.20. The van der Waals surface area contributed by atoms with Crippen LogP contribution >= 0.6 is 15.9 Å². The molecular formula is C12H11BrO2. The molecule has 0 amide bonds. The molecule has 1 aromatic carbocycles. The summed E-state index contributed by atoms with van der Waals surface area (Å²) in [6.07, 6.45) is 2.67. The van der Waals surface area contributed by atoms with Gasteiger partial charge in [-0.15, -0.1) is 0 Å². The topological polar surface area (TPSA) is 26.3 Å². The third kappa shape index (κ3) is 1.97. The normalized spacial score (nSPS) is 14.7. The average Bonchev–Trinajstić information content (AvgIpc) is 2.69. The number of aryl methyl sites for hydroxylation is 1. The fraction of sp³-hybridized carbons (Fsp3) is 0.250. The maximum atomic E-state index is 12.1. The quantitative estimate of drug-likeness (QED) is 0.769. The molecule has 1 heterocycles. The number of allylic oxidation sites excluding steroid dienone is 1. The van der Waals surface area contributed by atoms with E-state index >= 15 is 0 Å². The van der Waals surface area contributed by atoms with Crippen LogP contribution in [0, 0.1) is 6.92 Å². The van der Waals surface area contributed by atoms with Crippen LogP contribution in [0.3, 0.4) is 0 Å². The second-order valence-electron chi connectivity index (χ2n) is 3.47. The Balaban J connectivity index is 2.41. The zero-order valence-electron chi connectivity index (χ0n) is 8.42. The highest BCUT2D eigenvalue weighted by atomic mass is 79.9. The van der Waals surface area contributed by atoms with Gasteiger partial charge in [0.15, 0.2) is 5.76 Å². The van der Waals surface area contributed by atoms with Crippen molar-refractivity contribution in [3.63, 3.8) is 0 Å². The number of hydrogen-bond donors (Lipinski definition) is 0. The van der Waals surface area contributed by atoms with E-state index in [4.69, 9.17) is 4.74 Å². The highest BCUT2D eigenvalue weighted by molar-refractivity contribution is 9.10. The molecule has 15 heavy (non-hydrogen) atoms. The van der Waals surface area contributed by atoms with Crippen LogP contribution in [0.1, 0.15) is 22.3 Å². The molecule has 2 nitrogen and oxygen atoms in total. The smallest absolute Gasteiger partial charge is 0.228 e. The van der Waals surface area contributed by atoms with Crippen molar-refractivity contribution in [3.8, 4) is 0 Å². The van der Waals surface area contributed by atoms with Gasteiger partial charge in [-0.1, -0.05) is 28.1 Å². The molecule has 0 saturated heterocycles. The zero-order chi connectivity index (χ0) is 10.8. The minimum atomic E-state index is -0.0301. The first-order chi connectivity index (χ1) is 7.20. The maximum absolute atomic E-state index is 12.1. The van der Waals surface area contributed by atoms with E-state index in [0.717, 1.165) is 16.5 Å². The van der Waals surface area contributed by atoms with Gasteiger partial charge in [-0.2, -0.15) is 0 Å². The second-order valence-corrected chi connectivity index (χ2v) is 4.32. The predicted octanol–water partition coefficient (Wildman–Crippen LogP) is 3.24. The molecule has 0 unspecified atom stereocenters. The number of ether oxygens (including phenoxy) is 1. The monoisotopic (exact) mass is 266 g/mol. The van der Waals surface area contributed by atoms with E-state index in [1.54, 1.807) is 0 Å². The first kappa shape index (κ1) is 10.4. The van der Waals surface area contributed by atoms with Crippen LogP contribution in [0.2, 0.25) is 0 Å². The molecular weight excluding hydrogens is 256 g/mol. The van der Waals surface area contributed by atoms with E-state index in [1.165, 1.54) is 0 Å².